The molecule has 1 saturated carbocycles. The average Bonchev–Trinajstić information content (AvgIpc) is 2.56. The van der Waals surface area contributed by atoms with E-state index in [1.165, 1.54) is 0 Å². The van der Waals surface area contributed by atoms with Gasteiger partial charge in [0.1, 0.15) is 0 Å². The van der Waals surface area contributed by atoms with Crippen LogP contribution in [0.1, 0.15) is 34.1 Å². The summed E-state index contributed by atoms with van der Waals surface area (Å²) in [5.74, 6) is -0.921. The highest BCUT2D eigenvalue weighted by molar-refractivity contribution is 6.42. The van der Waals surface area contributed by atoms with Crippen LogP contribution < -0.4 is 5.32 Å². The molecular weight excluding hydrogens is 202 g/mol. The van der Waals surface area contributed by atoms with E-state index in [0.29, 0.717) is 6.42 Å². The number of carbonyl (C=O) groups excluding carboxylic acids is 2. The summed E-state index contributed by atoms with van der Waals surface area (Å²) < 4.78 is 0. The van der Waals surface area contributed by atoms with Crippen molar-refractivity contribution in [2.24, 2.45) is 5.41 Å². The lowest BCUT2D eigenvalue weighted by Crippen LogP contribution is -2.46. The van der Waals surface area contributed by atoms with Crippen molar-refractivity contribution in [2.75, 3.05) is 0 Å². The van der Waals surface area contributed by atoms with Crippen molar-refractivity contribution in [3.05, 3.63) is 0 Å². The normalized spacial score (nSPS) is 31.1. The number of halogens is 1. The molecule has 0 heterocycles. The first kappa shape index (κ1) is 11.5. The monoisotopic (exact) mass is 217 g/mol. The van der Waals surface area contributed by atoms with Crippen molar-refractivity contribution in [2.45, 2.75) is 45.0 Å². The summed E-state index contributed by atoms with van der Waals surface area (Å²) in [7, 11) is 0. The van der Waals surface area contributed by atoms with Gasteiger partial charge < -0.3 is 5.32 Å². The van der Waals surface area contributed by atoms with E-state index >= 15 is 0 Å². The molecule has 4 heteroatoms. The first-order chi connectivity index (χ1) is 6.17. The molecule has 0 spiro atoms. The van der Waals surface area contributed by atoms with Crippen LogP contribution >= 0.6 is 11.6 Å². The van der Waals surface area contributed by atoms with E-state index in [-0.39, 0.29) is 10.9 Å². The molecule has 3 nitrogen and oxygen atoms in total. The van der Waals surface area contributed by atoms with E-state index in [4.69, 9.17) is 11.6 Å². The molecule has 1 rings (SSSR count). The summed E-state index contributed by atoms with van der Waals surface area (Å²) in [6, 6.07) is 0. The molecule has 2 unspecified atom stereocenters. The molecule has 0 aliphatic heterocycles. The fraction of sp³-hybridized carbons (Fsp3) is 0.800. The molecule has 1 amide bonds. The van der Waals surface area contributed by atoms with Gasteiger partial charge in [0.15, 0.2) is 0 Å². The summed E-state index contributed by atoms with van der Waals surface area (Å²) in [5, 5.41) is 2.46. The third-order valence-corrected chi connectivity index (χ3v) is 2.98. The molecule has 1 aliphatic carbocycles. The lowest BCUT2D eigenvalue weighted by atomic mass is 10.0. The quantitative estimate of drug-likeness (QED) is 0.563. The highest BCUT2D eigenvalue weighted by Gasteiger charge is 2.57. The van der Waals surface area contributed by atoms with Gasteiger partial charge in [0.05, 0.1) is 5.41 Å². The topological polar surface area (TPSA) is 46.2 Å². The van der Waals surface area contributed by atoms with Crippen molar-refractivity contribution >= 4 is 23.3 Å². The van der Waals surface area contributed by atoms with Crippen molar-refractivity contribution in [3.63, 3.8) is 0 Å². The Balaban J connectivity index is 2.59. The molecule has 80 valence electrons. The second kappa shape index (κ2) is 3.23. The minimum absolute atomic E-state index is 0.180. The van der Waals surface area contributed by atoms with Crippen LogP contribution in [0.25, 0.3) is 0 Å². The van der Waals surface area contributed by atoms with Crippen LogP contribution in [-0.2, 0) is 9.59 Å². The SMILES string of the molecule is CC(C)(C)NC(=O)C(=O)C1(C)CC1Cl. The third kappa shape index (κ3) is 2.27. The maximum Gasteiger partial charge on any atom is 0.288 e. The number of hydrogen-bond donors (Lipinski definition) is 1. The van der Waals surface area contributed by atoms with Crippen molar-refractivity contribution in [1.82, 2.24) is 5.32 Å². The van der Waals surface area contributed by atoms with Crippen molar-refractivity contribution < 1.29 is 9.59 Å². The number of nitrogens with one attached hydrogen (secondary N) is 1. The number of ketones is 1. The van der Waals surface area contributed by atoms with Crippen LogP contribution in [0.4, 0.5) is 0 Å². The van der Waals surface area contributed by atoms with Gasteiger partial charge in [0.25, 0.3) is 5.91 Å². The largest absolute Gasteiger partial charge is 0.345 e. The lowest BCUT2D eigenvalue weighted by molar-refractivity contribution is -0.141. The third-order valence-electron chi connectivity index (χ3n) is 2.35. The van der Waals surface area contributed by atoms with Gasteiger partial charge in [-0.2, -0.15) is 0 Å². The molecule has 0 radical (unpaired) electrons. The molecule has 1 N–H and O–H groups in total. The fourth-order valence-electron chi connectivity index (χ4n) is 1.21. The second-order valence-corrected chi connectivity index (χ2v) is 5.65. The Bertz CT molecular complexity index is 282. The van der Waals surface area contributed by atoms with E-state index in [1.54, 1.807) is 6.92 Å². The molecule has 1 fully saturated rings. The zero-order chi connectivity index (χ0) is 11.1. The maximum atomic E-state index is 11.6. The molecule has 0 aromatic heterocycles. The average molecular weight is 218 g/mol. The highest BCUT2D eigenvalue weighted by Crippen LogP contribution is 2.50. The summed E-state index contributed by atoms with van der Waals surface area (Å²) in [6.07, 6.45) is 0.602. The lowest BCUT2D eigenvalue weighted by Gasteiger charge is -2.20. The van der Waals surface area contributed by atoms with E-state index in [2.05, 4.69) is 5.32 Å². The Labute approximate surface area is 89.2 Å². The van der Waals surface area contributed by atoms with Crippen LogP contribution in [0.3, 0.4) is 0 Å². The van der Waals surface area contributed by atoms with Crippen molar-refractivity contribution in [1.29, 1.82) is 0 Å². The van der Waals surface area contributed by atoms with Gasteiger partial charge in [-0.25, -0.2) is 0 Å². The molecule has 2 atom stereocenters. The Kier molecular flexibility index (Phi) is 2.65. The standard InChI is InChI=1S/C10H16ClNO2/c1-9(2,3)12-8(14)7(13)10(4)5-6(10)11/h6H,5H2,1-4H3,(H,12,14). The van der Waals surface area contributed by atoms with Gasteiger partial charge in [-0.3, -0.25) is 9.59 Å². The zero-order valence-electron chi connectivity index (χ0n) is 8.98. The van der Waals surface area contributed by atoms with Gasteiger partial charge in [-0.15, -0.1) is 11.6 Å². The van der Waals surface area contributed by atoms with Gasteiger partial charge in [-0.05, 0) is 27.2 Å². The maximum absolute atomic E-state index is 11.6. The Morgan fingerprint density at radius 3 is 2.14 bits per heavy atom. The Morgan fingerprint density at radius 1 is 1.43 bits per heavy atom. The van der Waals surface area contributed by atoms with Crippen LogP contribution in [0.5, 0.6) is 0 Å². The van der Waals surface area contributed by atoms with Gasteiger partial charge in [0.2, 0.25) is 5.78 Å². The number of rotatable bonds is 2. The molecule has 0 aromatic carbocycles. The van der Waals surface area contributed by atoms with Crippen LogP contribution in [0.15, 0.2) is 0 Å². The number of hydrogen-bond acceptors (Lipinski definition) is 2. The number of alkyl halides is 1. The first-order valence-corrected chi connectivity index (χ1v) is 5.11. The minimum atomic E-state index is -0.628. The highest BCUT2D eigenvalue weighted by atomic mass is 35.5. The second-order valence-electron chi connectivity index (χ2n) is 5.12. The van der Waals surface area contributed by atoms with Gasteiger partial charge in [-0.1, -0.05) is 6.92 Å². The molecule has 0 aromatic rings. The Hall–Kier alpha value is -0.570. The molecule has 0 bridgehead atoms. The summed E-state index contributed by atoms with van der Waals surface area (Å²) in [5.41, 5.74) is -1.00. The predicted octanol–water partition coefficient (Wildman–Crippen LogP) is 1.49. The minimum Gasteiger partial charge on any atom is -0.345 e. The van der Waals surface area contributed by atoms with Crippen LogP contribution in [0.2, 0.25) is 0 Å². The van der Waals surface area contributed by atoms with Crippen LogP contribution in [0, 0.1) is 5.41 Å². The van der Waals surface area contributed by atoms with Crippen LogP contribution in [-0.4, -0.2) is 22.6 Å². The molecular formula is C10H16ClNO2. The molecule has 0 saturated heterocycles. The number of amides is 1. The molecule has 14 heavy (non-hydrogen) atoms. The fourth-order valence-corrected chi connectivity index (χ4v) is 1.62. The van der Waals surface area contributed by atoms with Crippen molar-refractivity contribution in [3.8, 4) is 0 Å². The van der Waals surface area contributed by atoms with E-state index < -0.39 is 17.1 Å². The summed E-state index contributed by atoms with van der Waals surface area (Å²) >= 11 is 5.80. The summed E-state index contributed by atoms with van der Waals surface area (Å²) in [4.78, 5) is 23.1. The van der Waals surface area contributed by atoms with Gasteiger partial charge in [0, 0.05) is 10.9 Å². The van der Waals surface area contributed by atoms with Gasteiger partial charge >= 0.3 is 0 Å². The van der Waals surface area contributed by atoms with E-state index in [0.717, 1.165) is 0 Å². The van der Waals surface area contributed by atoms with E-state index in [9.17, 15) is 9.59 Å². The summed E-state index contributed by atoms with van der Waals surface area (Å²) in [6.45, 7) is 7.25. The molecule has 1 aliphatic rings. The number of Topliss-reactive ketones (excluding diaryl/α,β-unsaturated/α-hetero) is 1. The number of carbonyl (C=O) groups is 2. The Morgan fingerprint density at radius 2 is 1.86 bits per heavy atom. The first-order valence-electron chi connectivity index (χ1n) is 4.68. The predicted molar refractivity (Wildman–Crippen MR) is 55.3 cm³/mol. The zero-order valence-corrected chi connectivity index (χ0v) is 9.73. The smallest absolute Gasteiger partial charge is 0.288 e. The van der Waals surface area contributed by atoms with E-state index in [1.807, 2.05) is 20.8 Å².